The van der Waals surface area contributed by atoms with Gasteiger partial charge in [0, 0.05) is 6.54 Å². The van der Waals surface area contributed by atoms with Gasteiger partial charge in [0.25, 0.3) is 0 Å². The molecule has 0 rings (SSSR count). The number of hydrogen-bond donors (Lipinski definition) is 2. The van der Waals surface area contributed by atoms with Crippen molar-refractivity contribution in [3.63, 3.8) is 0 Å². The van der Waals surface area contributed by atoms with E-state index in [2.05, 4.69) is 5.32 Å². The van der Waals surface area contributed by atoms with Crippen molar-refractivity contribution in [1.29, 1.82) is 0 Å². The SMILES string of the molecule is C.CNCC(O)C(C)C. The molecule has 0 fully saturated rings. The van der Waals surface area contributed by atoms with Crippen molar-refractivity contribution in [3.8, 4) is 0 Å². The monoisotopic (exact) mass is 133 g/mol. The molecule has 0 spiro atoms. The second kappa shape index (κ2) is 6.05. The molecule has 0 aliphatic carbocycles. The smallest absolute Gasteiger partial charge is 0.0687 e. The molecular formula is C7H19NO. The molecule has 0 aromatic heterocycles. The summed E-state index contributed by atoms with van der Waals surface area (Å²) in [6, 6.07) is 0. The third-order valence-electron chi connectivity index (χ3n) is 1.18. The number of likely N-dealkylation sites (N-methyl/N-ethyl adjacent to an activating group) is 1. The summed E-state index contributed by atoms with van der Waals surface area (Å²) in [6.45, 7) is 4.70. The summed E-state index contributed by atoms with van der Waals surface area (Å²) in [6.07, 6.45) is -0.194. The van der Waals surface area contributed by atoms with Gasteiger partial charge in [0.15, 0.2) is 0 Å². The van der Waals surface area contributed by atoms with Gasteiger partial charge in [0.1, 0.15) is 0 Å². The van der Waals surface area contributed by atoms with Gasteiger partial charge in [-0.3, -0.25) is 0 Å². The largest absolute Gasteiger partial charge is 0.392 e. The van der Waals surface area contributed by atoms with E-state index >= 15 is 0 Å². The number of aliphatic hydroxyl groups is 1. The van der Waals surface area contributed by atoms with E-state index in [0.717, 1.165) is 0 Å². The van der Waals surface area contributed by atoms with Crippen LogP contribution in [0.15, 0.2) is 0 Å². The molecule has 0 saturated heterocycles. The Morgan fingerprint density at radius 2 is 1.89 bits per heavy atom. The summed E-state index contributed by atoms with van der Waals surface area (Å²) in [5.41, 5.74) is 0. The van der Waals surface area contributed by atoms with Gasteiger partial charge in [0.2, 0.25) is 0 Å². The van der Waals surface area contributed by atoms with Crippen LogP contribution in [0.5, 0.6) is 0 Å². The Balaban J connectivity index is 0. The van der Waals surface area contributed by atoms with E-state index < -0.39 is 0 Å². The molecule has 0 saturated carbocycles. The first kappa shape index (κ1) is 11.7. The zero-order chi connectivity index (χ0) is 6.57. The molecule has 1 atom stereocenters. The summed E-state index contributed by atoms with van der Waals surface area (Å²) in [4.78, 5) is 0. The quantitative estimate of drug-likeness (QED) is 0.598. The van der Waals surface area contributed by atoms with E-state index in [9.17, 15) is 0 Å². The lowest BCUT2D eigenvalue weighted by Crippen LogP contribution is -2.27. The maximum absolute atomic E-state index is 9.06. The van der Waals surface area contributed by atoms with Gasteiger partial charge in [0.05, 0.1) is 6.10 Å². The van der Waals surface area contributed by atoms with E-state index in [-0.39, 0.29) is 13.5 Å². The van der Waals surface area contributed by atoms with Crippen molar-refractivity contribution in [2.75, 3.05) is 13.6 Å². The lowest BCUT2D eigenvalue weighted by atomic mass is 10.1. The molecule has 0 aromatic carbocycles. The Hall–Kier alpha value is -0.0800. The minimum Gasteiger partial charge on any atom is -0.392 e. The van der Waals surface area contributed by atoms with E-state index in [1.54, 1.807) is 0 Å². The summed E-state index contributed by atoms with van der Waals surface area (Å²) >= 11 is 0. The molecule has 0 aliphatic heterocycles. The highest BCUT2D eigenvalue weighted by Crippen LogP contribution is 1.97. The molecule has 2 heteroatoms. The van der Waals surface area contributed by atoms with Crippen molar-refractivity contribution in [2.45, 2.75) is 27.4 Å². The fraction of sp³-hybridized carbons (Fsp3) is 1.00. The minimum absolute atomic E-state index is 0. The maximum Gasteiger partial charge on any atom is 0.0687 e. The fourth-order valence-electron chi connectivity index (χ4n) is 0.445. The highest BCUT2D eigenvalue weighted by molar-refractivity contribution is 4.60. The highest BCUT2D eigenvalue weighted by atomic mass is 16.3. The molecule has 0 radical (unpaired) electrons. The van der Waals surface area contributed by atoms with Crippen LogP contribution >= 0.6 is 0 Å². The maximum atomic E-state index is 9.06. The molecular weight excluding hydrogens is 114 g/mol. The minimum atomic E-state index is -0.194. The Labute approximate surface area is 58.3 Å². The fourth-order valence-corrected chi connectivity index (χ4v) is 0.445. The second-order valence-corrected chi connectivity index (χ2v) is 2.37. The lowest BCUT2D eigenvalue weighted by Gasteiger charge is -2.12. The first-order valence-corrected chi connectivity index (χ1v) is 3.01. The zero-order valence-electron chi connectivity index (χ0n) is 5.81. The van der Waals surface area contributed by atoms with E-state index in [1.165, 1.54) is 0 Å². The van der Waals surface area contributed by atoms with Crippen LogP contribution in [0.4, 0.5) is 0 Å². The van der Waals surface area contributed by atoms with Crippen LogP contribution in [0.3, 0.4) is 0 Å². The summed E-state index contributed by atoms with van der Waals surface area (Å²) in [7, 11) is 1.84. The van der Waals surface area contributed by atoms with Crippen LogP contribution in [0.1, 0.15) is 21.3 Å². The topological polar surface area (TPSA) is 32.3 Å². The number of nitrogens with one attached hydrogen (secondary N) is 1. The molecule has 0 bridgehead atoms. The van der Waals surface area contributed by atoms with Gasteiger partial charge in [-0.15, -0.1) is 0 Å². The molecule has 1 unspecified atom stereocenters. The molecule has 0 aromatic rings. The summed E-state index contributed by atoms with van der Waals surface area (Å²) in [5.74, 6) is 0.363. The van der Waals surface area contributed by atoms with Gasteiger partial charge in [-0.25, -0.2) is 0 Å². The van der Waals surface area contributed by atoms with Crippen molar-refractivity contribution in [2.24, 2.45) is 5.92 Å². The third-order valence-corrected chi connectivity index (χ3v) is 1.18. The van der Waals surface area contributed by atoms with Gasteiger partial charge >= 0.3 is 0 Å². The average Bonchev–Trinajstić information content (AvgIpc) is 1.67. The zero-order valence-corrected chi connectivity index (χ0v) is 5.81. The summed E-state index contributed by atoms with van der Waals surface area (Å²) < 4.78 is 0. The standard InChI is InChI=1S/C6H15NO.CH4/c1-5(2)6(8)4-7-3;/h5-8H,4H2,1-3H3;1H4. The Morgan fingerprint density at radius 1 is 1.44 bits per heavy atom. The molecule has 0 amide bonds. The van der Waals surface area contributed by atoms with Gasteiger partial charge < -0.3 is 10.4 Å². The third kappa shape index (κ3) is 5.80. The summed E-state index contributed by atoms with van der Waals surface area (Å²) in [5, 5.41) is 12.0. The van der Waals surface area contributed by atoms with Gasteiger partial charge in [-0.05, 0) is 13.0 Å². The first-order chi connectivity index (χ1) is 3.68. The highest BCUT2D eigenvalue weighted by Gasteiger charge is 2.05. The molecule has 9 heavy (non-hydrogen) atoms. The van der Waals surface area contributed by atoms with E-state index in [1.807, 2.05) is 20.9 Å². The van der Waals surface area contributed by atoms with Gasteiger partial charge in [-0.2, -0.15) is 0 Å². The van der Waals surface area contributed by atoms with Crippen LogP contribution in [0.25, 0.3) is 0 Å². The number of hydrogen-bond acceptors (Lipinski definition) is 2. The predicted molar refractivity (Wildman–Crippen MR) is 41.5 cm³/mol. The van der Waals surface area contributed by atoms with Crippen molar-refractivity contribution >= 4 is 0 Å². The Morgan fingerprint density at radius 3 is 2.00 bits per heavy atom. The Bertz CT molecular complexity index is 54.9. The molecule has 0 aliphatic rings. The van der Waals surface area contributed by atoms with Crippen LogP contribution in [-0.2, 0) is 0 Å². The molecule has 58 valence electrons. The van der Waals surface area contributed by atoms with Gasteiger partial charge in [-0.1, -0.05) is 21.3 Å². The van der Waals surface area contributed by atoms with E-state index in [4.69, 9.17) is 5.11 Å². The van der Waals surface area contributed by atoms with Crippen LogP contribution < -0.4 is 5.32 Å². The number of aliphatic hydroxyl groups excluding tert-OH is 1. The number of rotatable bonds is 3. The van der Waals surface area contributed by atoms with Crippen molar-refractivity contribution in [1.82, 2.24) is 5.32 Å². The van der Waals surface area contributed by atoms with Crippen molar-refractivity contribution in [3.05, 3.63) is 0 Å². The second-order valence-electron chi connectivity index (χ2n) is 2.37. The van der Waals surface area contributed by atoms with E-state index in [0.29, 0.717) is 12.5 Å². The van der Waals surface area contributed by atoms with Crippen LogP contribution in [0.2, 0.25) is 0 Å². The molecule has 2 N–H and O–H groups in total. The Kier molecular flexibility index (Phi) is 7.85. The lowest BCUT2D eigenvalue weighted by molar-refractivity contribution is 0.126. The normalized spacial score (nSPS) is 13.0. The molecule has 2 nitrogen and oxygen atoms in total. The van der Waals surface area contributed by atoms with Crippen LogP contribution in [0, 0.1) is 5.92 Å². The van der Waals surface area contributed by atoms with Crippen molar-refractivity contribution < 1.29 is 5.11 Å². The van der Waals surface area contributed by atoms with Crippen LogP contribution in [-0.4, -0.2) is 24.8 Å². The molecule has 0 heterocycles. The predicted octanol–water partition coefficient (Wildman–Crippen LogP) is 0.859. The first-order valence-electron chi connectivity index (χ1n) is 3.01. The average molecular weight is 133 g/mol.